The van der Waals surface area contributed by atoms with E-state index in [9.17, 15) is 4.79 Å². The van der Waals surface area contributed by atoms with Crippen molar-refractivity contribution in [2.45, 2.75) is 32.8 Å². The Hall–Kier alpha value is -2.04. The lowest BCUT2D eigenvalue weighted by Gasteiger charge is -2.31. The van der Waals surface area contributed by atoms with E-state index >= 15 is 0 Å². The molecule has 1 aliphatic heterocycles. The molecule has 1 heterocycles. The van der Waals surface area contributed by atoms with E-state index in [0.29, 0.717) is 18.9 Å². The zero-order chi connectivity index (χ0) is 18.4. The van der Waals surface area contributed by atoms with E-state index < -0.39 is 0 Å². The highest BCUT2D eigenvalue weighted by molar-refractivity contribution is 5.85. The zero-order valence-electron chi connectivity index (χ0n) is 15.9. The number of hydrogen-bond donors (Lipinski definition) is 1. The average molecular weight is 389 g/mol. The quantitative estimate of drug-likeness (QED) is 0.820. The summed E-state index contributed by atoms with van der Waals surface area (Å²) in [4.78, 5) is 14.5. The van der Waals surface area contributed by atoms with Gasteiger partial charge in [0, 0.05) is 13.1 Å². The van der Waals surface area contributed by atoms with Crippen LogP contribution in [0.2, 0.25) is 0 Å². The van der Waals surface area contributed by atoms with Gasteiger partial charge in [0.1, 0.15) is 12.4 Å². The second-order valence-electron chi connectivity index (χ2n) is 7.16. The van der Waals surface area contributed by atoms with Crippen molar-refractivity contribution in [3.63, 3.8) is 0 Å². The first-order chi connectivity index (χ1) is 12.6. The molecule has 27 heavy (non-hydrogen) atoms. The maximum atomic E-state index is 12.5. The maximum Gasteiger partial charge on any atom is 0.226 e. The van der Waals surface area contributed by atoms with Crippen molar-refractivity contribution in [3.8, 4) is 5.75 Å². The summed E-state index contributed by atoms with van der Waals surface area (Å²) in [7, 11) is 0. The molecule has 5 heteroatoms. The molecule has 2 aromatic rings. The fourth-order valence-electron chi connectivity index (χ4n) is 3.42. The smallest absolute Gasteiger partial charge is 0.226 e. The van der Waals surface area contributed by atoms with Crippen LogP contribution < -0.4 is 10.5 Å². The molecular formula is C22H29ClN2O2. The van der Waals surface area contributed by atoms with E-state index in [-0.39, 0.29) is 18.3 Å². The lowest BCUT2D eigenvalue weighted by molar-refractivity contribution is -0.131. The Bertz CT molecular complexity index is 743. The number of benzene rings is 2. The summed E-state index contributed by atoms with van der Waals surface area (Å²) in [5, 5.41) is 0. The van der Waals surface area contributed by atoms with Crippen molar-refractivity contribution in [2.24, 2.45) is 11.7 Å². The Kier molecular flexibility index (Phi) is 8.14. The molecule has 1 aliphatic rings. The van der Waals surface area contributed by atoms with Gasteiger partial charge in [0.2, 0.25) is 5.91 Å². The third-order valence-corrected chi connectivity index (χ3v) is 5.04. The normalized spacial score (nSPS) is 14.5. The Balaban J connectivity index is 0.00000261. The van der Waals surface area contributed by atoms with Crippen molar-refractivity contribution in [3.05, 3.63) is 65.2 Å². The summed E-state index contributed by atoms with van der Waals surface area (Å²) in [6, 6.07) is 16.2. The molecule has 0 spiro atoms. The summed E-state index contributed by atoms with van der Waals surface area (Å²) < 4.78 is 5.90. The second kappa shape index (κ2) is 10.3. The standard InChI is InChI=1S/C22H28N2O2.ClH/c1-17-4-2-6-20(12-17)16-26-21-7-3-5-19(13-21)14-22(25)24-10-8-18(15-23)9-11-24;/h2-7,12-13,18H,8-11,14-16,23H2,1H3;1H. The first kappa shape index (κ1) is 21.3. The van der Waals surface area contributed by atoms with Gasteiger partial charge in [-0.05, 0) is 55.5 Å². The molecule has 0 unspecified atom stereocenters. The molecular weight excluding hydrogens is 360 g/mol. The molecule has 0 bridgehead atoms. The van der Waals surface area contributed by atoms with Crippen molar-refractivity contribution >= 4 is 18.3 Å². The summed E-state index contributed by atoms with van der Waals surface area (Å²) in [6.45, 7) is 4.98. The highest BCUT2D eigenvalue weighted by Crippen LogP contribution is 2.19. The molecule has 1 saturated heterocycles. The molecule has 3 rings (SSSR count). The molecule has 0 aliphatic carbocycles. The highest BCUT2D eigenvalue weighted by Gasteiger charge is 2.21. The van der Waals surface area contributed by atoms with E-state index in [1.807, 2.05) is 35.2 Å². The molecule has 1 amide bonds. The van der Waals surface area contributed by atoms with E-state index in [0.717, 1.165) is 49.4 Å². The number of carbonyl (C=O) groups is 1. The number of amides is 1. The van der Waals surface area contributed by atoms with Crippen LogP contribution in [-0.2, 0) is 17.8 Å². The summed E-state index contributed by atoms with van der Waals surface area (Å²) in [5.41, 5.74) is 9.10. The molecule has 0 radical (unpaired) electrons. The number of piperidine rings is 1. The number of carbonyl (C=O) groups excluding carboxylic acids is 1. The predicted octanol–water partition coefficient (Wildman–Crippen LogP) is 3.74. The third-order valence-electron chi connectivity index (χ3n) is 5.04. The number of nitrogens with zero attached hydrogens (tertiary/aromatic N) is 1. The summed E-state index contributed by atoms with van der Waals surface area (Å²) in [6.07, 6.45) is 2.46. The van der Waals surface area contributed by atoms with Gasteiger partial charge in [-0.25, -0.2) is 0 Å². The second-order valence-corrected chi connectivity index (χ2v) is 7.16. The van der Waals surface area contributed by atoms with Crippen molar-refractivity contribution < 1.29 is 9.53 Å². The van der Waals surface area contributed by atoms with Gasteiger partial charge in [-0.1, -0.05) is 42.0 Å². The van der Waals surface area contributed by atoms with Crippen LogP contribution in [-0.4, -0.2) is 30.4 Å². The molecule has 146 valence electrons. The predicted molar refractivity (Wildman–Crippen MR) is 111 cm³/mol. The Morgan fingerprint density at radius 3 is 2.52 bits per heavy atom. The minimum atomic E-state index is 0. The fraction of sp³-hybridized carbons (Fsp3) is 0.409. The number of likely N-dealkylation sites (tertiary alicyclic amines) is 1. The molecule has 0 saturated carbocycles. The number of rotatable bonds is 6. The summed E-state index contributed by atoms with van der Waals surface area (Å²) in [5.74, 6) is 1.56. The highest BCUT2D eigenvalue weighted by atomic mass is 35.5. The average Bonchev–Trinajstić information content (AvgIpc) is 2.67. The first-order valence-electron chi connectivity index (χ1n) is 9.39. The van der Waals surface area contributed by atoms with Crippen LogP contribution in [0, 0.1) is 12.8 Å². The van der Waals surface area contributed by atoms with Crippen LogP contribution in [0.3, 0.4) is 0 Å². The van der Waals surface area contributed by atoms with Gasteiger partial charge in [-0.2, -0.15) is 0 Å². The lowest BCUT2D eigenvalue weighted by Crippen LogP contribution is -2.40. The minimum absolute atomic E-state index is 0. The molecule has 2 aromatic carbocycles. The van der Waals surface area contributed by atoms with Crippen molar-refractivity contribution in [1.29, 1.82) is 0 Å². The number of aryl methyl sites for hydroxylation is 1. The molecule has 0 aromatic heterocycles. The number of halogens is 1. The number of nitrogens with two attached hydrogens (primary N) is 1. The third kappa shape index (κ3) is 6.26. The van der Waals surface area contributed by atoms with Gasteiger partial charge in [-0.3, -0.25) is 4.79 Å². The molecule has 0 atom stereocenters. The van der Waals surface area contributed by atoms with Crippen LogP contribution in [0.1, 0.15) is 29.5 Å². The number of hydrogen-bond acceptors (Lipinski definition) is 3. The van der Waals surface area contributed by atoms with E-state index in [2.05, 4.69) is 25.1 Å². The first-order valence-corrected chi connectivity index (χ1v) is 9.39. The van der Waals surface area contributed by atoms with E-state index in [1.54, 1.807) is 0 Å². The Morgan fingerprint density at radius 1 is 1.11 bits per heavy atom. The van der Waals surface area contributed by atoms with Gasteiger partial charge in [0.05, 0.1) is 6.42 Å². The fourth-order valence-corrected chi connectivity index (χ4v) is 3.42. The Labute approximate surface area is 168 Å². The largest absolute Gasteiger partial charge is 0.489 e. The van der Waals surface area contributed by atoms with Gasteiger partial charge in [-0.15, -0.1) is 12.4 Å². The monoisotopic (exact) mass is 388 g/mol. The van der Waals surface area contributed by atoms with Crippen LogP contribution in [0.25, 0.3) is 0 Å². The SMILES string of the molecule is Cc1cccc(COc2cccc(CC(=O)N3CCC(CN)CC3)c2)c1.Cl. The molecule has 1 fully saturated rings. The number of ether oxygens (including phenoxy) is 1. The summed E-state index contributed by atoms with van der Waals surface area (Å²) >= 11 is 0. The van der Waals surface area contributed by atoms with Crippen LogP contribution in [0.4, 0.5) is 0 Å². The van der Waals surface area contributed by atoms with Crippen LogP contribution >= 0.6 is 12.4 Å². The molecule has 2 N–H and O–H groups in total. The Morgan fingerprint density at radius 2 is 1.81 bits per heavy atom. The zero-order valence-corrected chi connectivity index (χ0v) is 16.7. The van der Waals surface area contributed by atoms with Gasteiger partial charge < -0.3 is 15.4 Å². The minimum Gasteiger partial charge on any atom is -0.489 e. The van der Waals surface area contributed by atoms with Crippen LogP contribution in [0.5, 0.6) is 5.75 Å². The lowest BCUT2D eigenvalue weighted by atomic mass is 9.96. The van der Waals surface area contributed by atoms with E-state index in [1.165, 1.54) is 5.56 Å². The van der Waals surface area contributed by atoms with Gasteiger partial charge in [0.15, 0.2) is 0 Å². The maximum absolute atomic E-state index is 12.5. The van der Waals surface area contributed by atoms with Crippen LogP contribution in [0.15, 0.2) is 48.5 Å². The topological polar surface area (TPSA) is 55.6 Å². The van der Waals surface area contributed by atoms with Gasteiger partial charge in [0.25, 0.3) is 0 Å². The molecule has 4 nitrogen and oxygen atoms in total. The van der Waals surface area contributed by atoms with E-state index in [4.69, 9.17) is 10.5 Å². The van der Waals surface area contributed by atoms with Crippen molar-refractivity contribution in [1.82, 2.24) is 4.90 Å². The van der Waals surface area contributed by atoms with Gasteiger partial charge >= 0.3 is 0 Å². The van der Waals surface area contributed by atoms with Crippen molar-refractivity contribution in [2.75, 3.05) is 19.6 Å².